The molecule has 1 saturated heterocycles. The van der Waals surface area contributed by atoms with E-state index in [0.717, 1.165) is 25.0 Å². The highest BCUT2D eigenvalue weighted by atomic mass is 16.5. The van der Waals surface area contributed by atoms with Gasteiger partial charge in [-0.3, -0.25) is 4.79 Å². The molecule has 0 bridgehead atoms. The van der Waals surface area contributed by atoms with Crippen molar-refractivity contribution in [3.63, 3.8) is 0 Å². The maximum atomic E-state index is 12.5. The van der Waals surface area contributed by atoms with Crippen molar-refractivity contribution < 1.29 is 14.1 Å². The van der Waals surface area contributed by atoms with E-state index in [1.165, 1.54) is 0 Å². The Balaban J connectivity index is 1.79. The van der Waals surface area contributed by atoms with Crippen molar-refractivity contribution in [1.82, 2.24) is 15.0 Å². The molecule has 2 aliphatic rings. The first-order valence-electron chi connectivity index (χ1n) is 7.12. The van der Waals surface area contributed by atoms with E-state index >= 15 is 0 Å². The van der Waals surface area contributed by atoms with E-state index in [1.54, 1.807) is 6.26 Å². The van der Waals surface area contributed by atoms with Crippen molar-refractivity contribution in [1.29, 1.82) is 0 Å². The summed E-state index contributed by atoms with van der Waals surface area (Å²) in [6.07, 6.45) is 4.12. The van der Waals surface area contributed by atoms with Gasteiger partial charge in [-0.15, -0.1) is 0 Å². The summed E-state index contributed by atoms with van der Waals surface area (Å²) in [5.41, 5.74) is 0.740. The fourth-order valence-corrected chi connectivity index (χ4v) is 2.62. The second kappa shape index (κ2) is 5.26. The Morgan fingerprint density at radius 3 is 3.00 bits per heavy atom. The summed E-state index contributed by atoms with van der Waals surface area (Å²) >= 11 is 0. The number of hydrogen-bond acceptors (Lipinski definition) is 5. The minimum Gasteiger partial charge on any atom is -0.500 e. The van der Waals surface area contributed by atoms with Gasteiger partial charge in [-0.2, -0.15) is 4.98 Å². The largest absolute Gasteiger partial charge is 0.500 e. The lowest BCUT2D eigenvalue weighted by Gasteiger charge is -2.22. The molecule has 0 N–H and O–H groups in total. The third-order valence-electron chi connectivity index (χ3n) is 3.75. The van der Waals surface area contributed by atoms with Crippen LogP contribution in [-0.4, -0.2) is 34.1 Å². The predicted octanol–water partition coefficient (Wildman–Crippen LogP) is 2.16. The Labute approximate surface area is 117 Å². The van der Waals surface area contributed by atoms with Gasteiger partial charge in [0.2, 0.25) is 5.89 Å². The van der Waals surface area contributed by atoms with E-state index < -0.39 is 0 Å². The Morgan fingerprint density at radius 1 is 1.50 bits per heavy atom. The number of rotatable bonds is 3. The average Bonchev–Trinajstić information content (AvgIpc) is 3.17. The van der Waals surface area contributed by atoms with E-state index in [9.17, 15) is 4.79 Å². The zero-order chi connectivity index (χ0) is 14.1. The van der Waals surface area contributed by atoms with Gasteiger partial charge >= 0.3 is 0 Å². The predicted molar refractivity (Wildman–Crippen MR) is 70.7 cm³/mol. The molecule has 0 aliphatic carbocycles. The first-order chi connectivity index (χ1) is 9.66. The molecular formula is C14H19N3O3. The number of carbonyl (C=O) groups excluding carboxylic acids is 1. The highest BCUT2D eigenvalue weighted by Crippen LogP contribution is 2.32. The Kier molecular flexibility index (Phi) is 3.46. The first-order valence-corrected chi connectivity index (χ1v) is 7.12. The van der Waals surface area contributed by atoms with Crippen molar-refractivity contribution in [3.05, 3.63) is 23.6 Å². The van der Waals surface area contributed by atoms with E-state index in [0.29, 0.717) is 24.7 Å². The van der Waals surface area contributed by atoms with Crippen molar-refractivity contribution in [2.75, 3.05) is 13.2 Å². The van der Waals surface area contributed by atoms with Crippen LogP contribution < -0.4 is 0 Å². The van der Waals surface area contributed by atoms with Gasteiger partial charge in [0, 0.05) is 18.9 Å². The fraction of sp³-hybridized carbons (Fsp3) is 0.643. The van der Waals surface area contributed by atoms with Crippen LogP contribution in [0, 0.1) is 0 Å². The zero-order valence-electron chi connectivity index (χ0n) is 11.8. The van der Waals surface area contributed by atoms with Crippen molar-refractivity contribution in [2.24, 2.45) is 0 Å². The van der Waals surface area contributed by atoms with Crippen LogP contribution >= 0.6 is 0 Å². The SMILES string of the molecule is CC(C)c1nc([C@@H]2CCCN2C(=O)C2=COCC2)no1. The molecule has 1 fully saturated rings. The monoisotopic (exact) mass is 277 g/mol. The number of hydrogen-bond donors (Lipinski definition) is 0. The Hall–Kier alpha value is -1.85. The van der Waals surface area contributed by atoms with E-state index in [1.807, 2.05) is 18.7 Å². The van der Waals surface area contributed by atoms with Gasteiger partial charge in [0.1, 0.15) is 0 Å². The highest BCUT2D eigenvalue weighted by Gasteiger charge is 2.35. The van der Waals surface area contributed by atoms with Gasteiger partial charge in [-0.25, -0.2) is 0 Å². The van der Waals surface area contributed by atoms with Crippen molar-refractivity contribution >= 4 is 5.91 Å². The van der Waals surface area contributed by atoms with Crippen LogP contribution in [0.25, 0.3) is 0 Å². The highest BCUT2D eigenvalue weighted by molar-refractivity contribution is 5.93. The molecule has 2 aliphatic heterocycles. The number of likely N-dealkylation sites (tertiary alicyclic amines) is 1. The molecule has 108 valence electrons. The minimum atomic E-state index is -0.0692. The normalized spacial score (nSPS) is 22.2. The number of ether oxygens (including phenoxy) is 1. The summed E-state index contributed by atoms with van der Waals surface area (Å²) in [5.74, 6) is 1.50. The lowest BCUT2D eigenvalue weighted by molar-refractivity contribution is -0.128. The molecule has 1 atom stereocenters. The third kappa shape index (κ3) is 2.30. The summed E-state index contributed by atoms with van der Waals surface area (Å²) in [6.45, 7) is 5.36. The maximum absolute atomic E-state index is 12.5. The van der Waals surface area contributed by atoms with Crippen LogP contribution in [0.1, 0.15) is 56.8 Å². The summed E-state index contributed by atoms with van der Waals surface area (Å²) in [7, 11) is 0. The number of aromatic nitrogens is 2. The molecule has 3 rings (SSSR count). The second-order valence-electron chi connectivity index (χ2n) is 5.57. The maximum Gasteiger partial charge on any atom is 0.253 e. The smallest absolute Gasteiger partial charge is 0.253 e. The first kappa shape index (κ1) is 13.1. The Bertz CT molecular complexity index is 536. The molecule has 6 heteroatoms. The van der Waals surface area contributed by atoms with Gasteiger partial charge in [-0.05, 0) is 12.8 Å². The molecule has 0 saturated carbocycles. The summed E-state index contributed by atoms with van der Waals surface area (Å²) < 4.78 is 10.4. The van der Waals surface area contributed by atoms with Gasteiger partial charge in [0.05, 0.1) is 24.5 Å². The molecule has 6 nitrogen and oxygen atoms in total. The quantitative estimate of drug-likeness (QED) is 0.846. The van der Waals surface area contributed by atoms with Crippen LogP contribution in [0.3, 0.4) is 0 Å². The summed E-state index contributed by atoms with van der Waals surface area (Å²) in [5, 5.41) is 4.05. The Morgan fingerprint density at radius 2 is 2.35 bits per heavy atom. The molecule has 3 heterocycles. The molecule has 1 amide bonds. The fourth-order valence-electron chi connectivity index (χ4n) is 2.62. The van der Waals surface area contributed by atoms with E-state index in [2.05, 4.69) is 10.1 Å². The van der Waals surface area contributed by atoms with Gasteiger partial charge in [0.25, 0.3) is 5.91 Å². The molecular weight excluding hydrogens is 258 g/mol. The van der Waals surface area contributed by atoms with Gasteiger partial charge in [-0.1, -0.05) is 19.0 Å². The topological polar surface area (TPSA) is 68.5 Å². The van der Waals surface area contributed by atoms with Crippen molar-refractivity contribution in [3.8, 4) is 0 Å². The van der Waals surface area contributed by atoms with Crippen LogP contribution in [0.5, 0.6) is 0 Å². The van der Waals surface area contributed by atoms with Crippen molar-refractivity contribution in [2.45, 2.75) is 45.1 Å². The molecule has 1 aromatic rings. The van der Waals surface area contributed by atoms with E-state index in [-0.39, 0.29) is 17.9 Å². The van der Waals surface area contributed by atoms with Gasteiger partial charge in [0.15, 0.2) is 5.82 Å². The summed E-state index contributed by atoms with van der Waals surface area (Å²) in [4.78, 5) is 18.7. The molecule has 0 unspecified atom stereocenters. The lowest BCUT2D eigenvalue weighted by Crippen LogP contribution is -2.32. The molecule has 20 heavy (non-hydrogen) atoms. The van der Waals surface area contributed by atoms with Crippen LogP contribution in [0.2, 0.25) is 0 Å². The standard InChI is InChI=1S/C14H19N3O3/c1-9(2)13-15-12(16-20-13)11-4-3-6-17(11)14(18)10-5-7-19-8-10/h8-9,11H,3-7H2,1-2H3/t11-/m0/s1. The lowest BCUT2D eigenvalue weighted by atomic mass is 10.1. The third-order valence-corrected chi connectivity index (χ3v) is 3.75. The molecule has 0 aromatic carbocycles. The van der Waals surface area contributed by atoms with Crippen LogP contribution in [0.15, 0.2) is 16.4 Å². The number of amides is 1. The summed E-state index contributed by atoms with van der Waals surface area (Å²) in [6, 6.07) is -0.0692. The minimum absolute atomic E-state index is 0.0425. The van der Waals surface area contributed by atoms with Gasteiger partial charge < -0.3 is 14.2 Å². The number of nitrogens with zero attached hydrogens (tertiary/aromatic N) is 3. The van der Waals surface area contributed by atoms with Crippen LogP contribution in [-0.2, 0) is 9.53 Å². The van der Waals surface area contributed by atoms with E-state index in [4.69, 9.17) is 9.26 Å². The average molecular weight is 277 g/mol. The second-order valence-corrected chi connectivity index (χ2v) is 5.57. The molecule has 0 radical (unpaired) electrons. The number of carbonyl (C=O) groups is 1. The zero-order valence-corrected chi connectivity index (χ0v) is 11.8. The molecule has 1 aromatic heterocycles. The molecule has 0 spiro atoms. The van der Waals surface area contributed by atoms with Crippen LogP contribution in [0.4, 0.5) is 0 Å².